The Morgan fingerprint density at radius 1 is 1.27 bits per heavy atom. The van der Waals surface area contributed by atoms with E-state index in [0.29, 0.717) is 6.04 Å². The van der Waals surface area contributed by atoms with Crippen molar-refractivity contribution in [1.29, 1.82) is 0 Å². The van der Waals surface area contributed by atoms with Crippen molar-refractivity contribution in [1.82, 2.24) is 4.90 Å². The van der Waals surface area contributed by atoms with Gasteiger partial charge in [-0.05, 0) is 51.6 Å². The maximum atomic E-state index is 5.75. The molecule has 0 aromatic rings. The summed E-state index contributed by atoms with van der Waals surface area (Å²) in [6.45, 7) is 9.42. The second kappa shape index (κ2) is 6.49. The molecule has 15 heavy (non-hydrogen) atoms. The van der Waals surface area contributed by atoms with Crippen molar-refractivity contribution in [3.8, 4) is 0 Å². The van der Waals surface area contributed by atoms with Gasteiger partial charge in [-0.15, -0.1) is 0 Å². The van der Waals surface area contributed by atoms with Crippen molar-refractivity contribution in [2.24, 2.45) is 11.7 Å². The van der Waals surface area contributed by atoms with Gasteiger partial charge in [0.05, 0.1) is 0 Å². The lowest BCUT2D eigenvalue weighted by atomic mass is 10.0. The fourth-order valence-electron chi connectivity index (χ4n) is 2.67. The Labute approximate surface area is 95.2 Å². The van der Waals surface area contributed by atoms with E-state index in [9.17, 15) is 0 Å². The molecule has 1 saturated heterocycles. The van der Waals surface area contributed by atoms with Crippen LogP contribution in [-0.2, 0) is 0 Å². The van der Waals surface area contributed by atoms with Gasteiger partial charge in [0.1, 0.15) is 0 Å². The average molecular weight is 212 g/mol. The molecule has 0 amide bonds. The molecule has 2 N–H and O–H groups in total. The Morgan fingerprint density at radius 2 is 2.00 bits per heavy atom. The van der Waals surface area contributed by atoms with E-state index >= 15 is 0 Å². The second-order valence-electron chi connectivity index (χ2n) is 5.46. The Bertz CT molecular complexity index is 166. The molecule has 90 valence electrons. The lowest BCUT2D eigenvalue weighted by Crippen LogP contribution is -2.34. The predicted molar refractivity (Wildman–Crippen MR) is 66.9 cm³/mol. The minimum absolute atomic E-state index is 0.379. The molecule has 1 heterocycles. The molecule has 2 heteroatoms. The zero-order valence-corrected chi connectivity index (χ0v) is 10.7. The topological polar surface area (TPSA) is 29.3 Å². The molecule has 0 aromatic heterocycles. The van der Waals surface area contributed by atoms with Crippen LogP contribution in [0.2, 0.25) is 0 Å². The third-order valence-corrected chi connectivity index (χ3v) is 3.54. The molecule has 1 aliphatic rings. The molecule has 0 spiro atoms. The maximum Gasteiger partial charge on any atom is 0.0119 e. The van der Waals surface area contributed by atoms with Gasteiger partial charge in [-0.25, -0.2) is 0 Å². The van der Waals surface area contributed by atoms with Crippen LogP contribution in [0.25, 0.3) is 0 Å². The van der Waals surface area contributed by atoms with E-state index in [4.69, 9.17) is 5.73 Å². The minimum Gasteiger partial charge on any atom is -0.328 e. The largest absolute Gasteiger partial charge is 0.328 e. The quantitative estimate of drug-likeness (QED) is 0.686. The van der Waals surface area contributed by atoms with E-state index < -0.39 is 0 Å². The van der Waals surface area contributed by atoms with Gasteiger partial charge < -0.3 is 10.6 Å². The van der Waals surface area contributed by atoms with Crippen LogP contribution in [0.5, 0.6) is 0 Å². The van der Waals surface area contributed by atoms with Gasteiger partial charge in [-0.3, -0.25) is 0 Å². The zero-order chi connectivity index (χ0) is 11.3. The smallest absolute Gasteiger partial charge is 0.0119 e. The van der Waals surface area contributed by atoms with Gasteiger partial charge in [-0.1, -0.05) is 20.3 Å². The molecule has 1 fully saturated rings. The van der Waals surface area contributed by atoms with E-state index in [-0.39, 0.29) is 0 Å². The number of hydrogen-bond acceptors (Lipinski definition) is 2. The Morgan fingerprint density at radius 3 is 2.60 bits per heavy atom. The molecule has 0 aromatic carbocycles. The van der Waals surface area contributed by atoms with Gasteiger partial charge in [0, 0.05) is 12.1 Å². The highest BCUT2D eigenvalue weighted by molar-refractivity contribution is 4.81. The summed E-state index contributed by atoms with van der Waals surface area (Å²) >= 11 is 0. The van der Waals surface area contributed by atoms with E-state index in [1.165, 1.54) is 45.2 Å². The van der Waals surface area contributed by atoms with Crippen LogP contribution in [0, 0.1) is 5.92 Å². The number of nitrogens with two attached hydrogens (primary N) is 1. The van der Waals surface area contributed by atoms with E-state index in [1.54, 1.807) is 0 Å². The van der Waals surface area contributed by atoms with Crippen LogP contribution in [0.15, 0.2) is 0 Å². The molecular formula is C13H28N2. The van der Waals surface area contributed by atoms with E-state index in [1.807, 2.05) is 0 Å². The predicted octanol–water partition coefficient (Wildman–Crippen LogP) is 2.62. The first-order valence-electron chi connectivity index (χ1n) is 6.61. The van der Waals surface area contributed by atoms with Gasteiger partial charge in [-0.2, -0.15) is 0 Å². The van der Waals surface area contributed by atoms with Crippen LogP contribution in [0.1, 0.15) is 52.9 Å². The summed E-state index contributed by atoms with van der Waals surface area (Å²) in [5.41, 5.74) is 5.75. The monoisotopic (exact) mass is 212 g/mol. The van der Waals surface area contributed by atoms with Crippen molar-refractivity contribution in [2.45, 2.75) is 65.0 Å². The number of unbranched alkanes of at least 4 members (excludes halogenated alkanes) is 1. The Kier molecular flexibility index (Phi) is 5.62. The molecule has 1 rings (SSSR count). The molecule has 2 atom stereocenters. The van der Waals surface area contributed by atoms with Gasteiger partial charge >= 0.3 is 0 Å². The highest BCUT2D eigenvalue weighted by Gasteiger charge is 2.25. The zero-order valence-electron chi connectivity index (χ0n) is 10.7. The summed E-state index contributed by atoms with van der Waals surface area (Å²) in [5.74, 6) is 0.820. The number of hydrogen-bond donors (Lipinski definition) is 1. The van der Waals surface area contributed by atoms with Crippen molar-refractivity contribution < 1.29 is 0 Å². The first-order valence-corrected chi connectivity index (χ1v) is 6.61. The van der Waals surface area contributed by atoms with Crippen molar-refractivity contribution in [3.05, 3.63) is 0 Å². The highest BCUT2D eigenvalue weighted by Crippen LogP contribution is 2.23. The number of likely N-dealkylation sites (tertiary alicyclic amines) is 1. The van der Waals surface area contributed by atoms with Crippen LogP contribution in [0.4, 0.5) is 0 Å². The Hall–Kier alpha value is -0.0800. The summed E-state index contributed by atoms with van der Waals surface area (Å²) in [6, 6.07) is 1.23. The van der Waals surface area contributed by atoms with Gasteiger partial charge in [0.15, 0.2) is 0 Å². The van der Waals surface area contributed by atoms with Crippen molar-refractivity contribution in [2.75, 3.05) is 13.1 Å². The summed E-state index contributed by atoms with van der Waals surface area (Å²) in [5, 5.41) is 0. The fraction of sp³-hybridized carbons (Fsp3) is 1.00. The first-order chi connectivity index (χ1) is 7.11. The summed E-state index contributed by atoms with van der Waals surface area (Å²) < 4.78 is 0. The molecule has 0 saturated carbocycles. The van der Waals surface area contributed by atoms with Crippen LogP contribution in [-0.4, -0.2) is 30.1 Å². The molecule has 2 nitrogen and oxygen atoms in total. The third kappa shape index (κ3) is 4.52. The average Bonchev–Trinajstić information content (AvgIpc) is 2.60. The summed E-state index contributed by atoms with van der Waals surface area (Å²) in [7, 11) is 0. The Balaban J connectivity index is 2.14. The van der Waals surface area contributed by atoms with E-state index in [2.05, 4.69) is 25.7 Å². The van der Waals surface area contributed by atoms with E-state index in [0.717, 1.165) is 12.0 Å². The lowest BCUT2D eigenvalue weighted by Gasteiger charge is -2.27. The second-order valence-corrected chi connectivity index (χ2v) is 5.46. The molecule has 2 unspecified atom stereocenters. The fourth-order valence-corrected chi connectivity index (χ4v) is 2.67. The normalized spacial score (nSPS) is 25.0. The van der Waals surface area contributed by atoms with Gasteiger partial charge in [0.25, 0.3) is 0 Å². The lowest BCUT2D eigenvalue weighted by molar-refractivity contribution is 0.202. The maximum absolute atomic E-state index is 5.75. The molecule has 0 radical (unpaired) electrons. The summed E-state index contributed by atoms with van der Waals surface area (Å²) in [4.78, 5) is 2.69. The number of rotatable bonds is 6. The molecule has 0 bridgehead atoms. The van der Waals surface area contributed by atoms with Crippen LogP contribution in [0.3, 0.4) is 0 Å². The standard InChI is InChI=1S/C13H28N2/c1-11(2)13-8-6-10-15(13)9-5-4-7-12(3)14/h11-13H,4-10,14H2,1-3H3. The van der Waals surface area contributed by atoms with Crippen LogP contribution < -0.4 is 5.73 Å². The van der Waals surface area contributed by atoms with Crippen molar-refractivity contribution >= 4 is 0 Å². The first kappa shape index (κ1) is 13.0. The number of nitrogens with zero attached hydrogens (tertiary/aromatic N) is 1. The van der Waals surface area contributed by atoms with Crippen LogP contribution >= 0.6 is 0 Å². The molecule has 1 aliphatic heterocycles. The third-order valence-electron chi connectivity index (χ3n) is 3.54. The van der Waals surface area contributed by atoms with Gasteiger partial charge in [0.2, 0.25) is 0 Å². The minimum atomic E-state index is 0.379. The molecular weight excluding hydrogens is 184 g/mol. The molecule has 0 aliphatic carbocycles. The van der Waals surface area contributed by atoms with Crippen molar-refractivity contribution in [3.63, 3.8) is 0 Å². The SMILES string of the molecule is CC(N)CCCCN1CCCC1C(C)C. The highest BCUT2D eigenvalue weighted by atomic mass is 15.2. The summed E-state index contributed by atoms with van der Waals surface area (Å²) in [6.07, 6.45) is 6.60.